The summed E-state index contributed by atoms with van der Waals surface area (Å²) in [6.07, 6.45) is 38.0. The molecular weight excluding hydrogens is 645 g/mol. The first-order valence-corrected chi connectivity index (χ1v) is 21.9. The van der Waals surface area contributed by atoms with Gasteiger partial charge in [0.25, 0.3) is 0 Å². The highest BCUT2D eigenvalue weighted by atomic mass is 32.2. The van der Waals surface area contributed by atoms with E-state index in [-0.39, 0.29) is 18.1 Å². The van der Waals surface area contributed by atoms with E-state index in [1.165, 1.54) is 128 Å². The van der Waals surface area contributed by atoms with Crippen molar-refractivity contribution in [2.24, 2.45) is 0 Å². The van der Waals surface area contributed by atoms with Gasteiger partial charge in [-0.2, -0.15) is 11.8 Å². The number of aliphatic hydroxyl groups is 1. The first-order chi connectivity index (χ1) is 24.1. The van der Waals surface area contributed by atoms with Crippen LogP contribution in [0.25, 0.3) is 0 Å². The van der Waals surface area contributed by atoms with E-state index in [2.05, 4.69) is 56.3 Å². The van der Waals surface area contributed by atoms with E-state index in [1.807, 2.05) is 23.9 Å². The third kappa shape index (κ3) is 56.2. The zero-order valence-electron chi connectivity index (χ0n) is 33.8. The third-order valence-corrected chi connectivity index (χ3v) is 9.05. The third-order valence-electron chi connectivity index (χ3n) is 8.36. The van der Waals surface area contributed by atoms with Crippen LogP contribution < -0.4 is 5.32 Å². The second-order valence-corrected chi connectivity index (χ2v) is 13.9. The number of thioether (sulfide) groups is 1. The quantitative estimate of drug-likeness (QED) is 0.0289. The SMILES string of the molecule is CCCCCC/C=C\CO.CCCCCC/C=C\COC(=O)CCCCCCCNCCCCCCCC=O.CCN(CC)CCCSC.O. The van der Waals surface area contributed by atoms with Crippen molar-refractivity contribution in [2.45, 2.75) is 175 Å². The minimum Gasteiger partial charge on any atom is -0.461 e. The summed E-state index contributed by atoms with van der Waals surface area (Å²) in [7, 11) is 0. The molecule has 0 saturated carbocycles. The zero-order chi connectivity index (χ0) is 36.7. The molecule has 0 aromatic heterocycles. The van der Waals surface area contributed by atoms with Crippen LogP contribution in [0, 0.1) is 0 Å². The maximum atomic E-state index is 11.7. The molecule has 0 saturated heterocycles. The van der Waals surface area contributed by atoms with Gasteiger partial charge in [-0.05, 0) is 103 Å². The lowest BCUT2D eigenvalue weighted by Crippen LogP contribution is -2.24. The van der Waals surface area contributed by atoms with Crippen LogP contribution in [0.1, 0.15) is 175 Å². The molecule has 0 radical (unpaired) electrons. The summed E-state index contributed by atoms with van der Waals surface area (Å²) >= 11 is 1.94. The number of hydrogen-bond acceptors (Lipinski definition) is 7. The van der Waals surface area contributed by atoms with Crippen LogP contribution in [0.4, 0.5) is 0 Å². The molecular formula is C42H86N2O5S. The zero-order valence-corrected chi connectivity index (χ0v) is 34.7. The number of unbranched alkanes of at least 4 members (excludes halogenated alkanes) is 17. The summed E-state index contributed by atoms with van der Waals surface area (Å²) in [5.74, 6) is 1.24. The fourth-order valence-corrected chi connectivity index (χ4v) is 5.54. The number of esters is 1. The molecule has 0 aromatic rings. The lowest BCUT2D eigenvalue weighted by atomic mass is 10.1. The standard InChI is InChI=1S/C25H47NO3.C9H18O.C8H19NS.H2O/c1-2-3-4-5-8-14-19-24-29-25(28)20-15-10-9-12-17-22-26-21-16-11-6-7-13-18-23-27;1-2-3-4-5-6-7-8-9-10;1-4-9(5-2)7-6-8-10-3;/h14,19,23,26H,2-13,15-18,20-22,24H2,1H3;7-8,10H,2-6,9H2,1H3;4-8H2,1-3H3;1H2/b19-14-;8-7-;;. The Kier molecular flexibility index (Phi) is 60.7. The Morgan fingerprint density at radius 1 is 0.660 bits per heavy atom. The Morgan fingerprint density at radius 2 is 1.16 bits per heavy atom. The maximum absolute atomic E-state index is 11.7. The van der Waals surface area contributed by atoms with Crippen LogP contribution >= 0.6 is 11.8 Å². The van der Waals surface area contributed by atoms with Crippen LogP contribution in [0.2, 0.25) is 0 Å². The summed E-state index contributed by atoms with van der Waals surface area (Å²) in [6.45, 7) is 15.4. The smallest absolute Gasteiger partial charge is 0.306 e. The van der Waals surface area contributed by atoms with Crippen LogP contribution in [0.5, 0.6) is 0 Å². The van der Waals surface area contributed by atoms with Crippen molar-refractivity contribution < 1.29 is 24.9 Å². The van der Waals surface area contributed by atoms with E-state index in [0.717, 1.165) is 57.9 Å². The Hall–Kier alpha value is -1.19. The van der Waals surface area contributed by atoms with Crippen molar-refractivity contribution in [1.29, 1.82) is 0 Å². The highest BCUT2D eigenvalue weighted by Gasteiger charge is 2.01. The van der Waals surface area contributed by atoms with Crippen LogP contribution in [-0.4, -0.2) is 85.7 Å². The lowest BCUT2D eigenvalue weighted by Gasteiger charge is -2.16. The molecule has 0 fully saturated rings. The topological polar surface area (TPSA) is 110 Å². The molecule has 0 spiro atoms. The monoisotopic (exact) mass is 731 g/mol. The highest BCUT2D eigenvalue weighted by Crippen LogP contribution is 2.07. The van der Waals surface area contributed by atoms with E-state index >= 15 is 0 Å². The molecule has 0 aromatic carbocycles. The largest absolute Gasteiger partial charge is 0.461 e. The van der Waals surface area contributed by atoms with Gasteiger partial charge in [0.2, 0.25) is 0 Å². The van der Waals surface area contributed by atoms with Crippen molar-refractivity contribution in [3.05, 3.63) is 24.3 Å². The molecule has 0 atom stereocenters. The molecule has 0 aliphatic heterocycles. The predicted molar refractivity (Wildman–Crippen MR) is 223 cm³/mol. The van der Waals surface area contributed by atoms with E-state index < -0.39 is 0 Å². The van der Waals surface area contributed by atoms with Gasteiger partial charge in [-0.3, -0.25) is 4.79 Å². The summed E-state index contributed by atoms with van der Waals surface area (Å²) in [5.41, 5.74) is 0. The summed E-state index contributed by atoms with van der Waals surface area (Å²) < 4.78 is 5.24. The Morgan fingerprint density at radius 3 is 1.68 bits per heavy atom. The second-order valence-electron chi connectivity index (χ2n) is 12.9. The predicted octanol–water partition coefficient (Wildman–Crippen LogP) is 10.3. The molecule has 4 N–H and O–H groups in total. The molecule has 0 bridgehead atoms. The van der Waals surface area contributed by atoms with Gasteiger partial charge in [-0.15, -0.1) is 0 Å². The van der Waals surface area contributed by atoms with Gasteiger partial charge in [-0.25, -0.2) is 0 Å². The lowest BCUT2D eigenvalue weighted by molar-refractivity contribution is -0.142. The molecule has 300 valence electrons. The fraction of sp³-hybridized carbons (Fsp3) is 0.857. The summed E-state index contributed by atoms with van der Waals surface area (Å²) in [5, 5.41) is 11.9. The van der Waals surface area contributed by atoms with Crippen molar-refractivity contribution in [3.63, 3.8) is 0 Å². The van der Waals surface area contributed by atoms with Crippen molar-refractivity contribution in [3.8, 4) is 0 Å². The van der Waals surface area contributed by atoms with Gasteiger partial charge >= 0.3 is 5.97 Å². The number of rotatable bonds is 35. The van der Waals surface area contributed by atoms with Gasteiger partial charge in [0.15, 0.2) is 0 Å². The van der Waals surface area contributed by atoms with Crippen LogP contribution in [0.15, 0.2) is 24.3 Å². The number of carbonyl (C=O) groups is 2. The van der Waals surface area contributed by atoms with Gasteiger partial charge in [0.1, 0.15) is 12.9 Å². The van der Waals surface area contributed by atoms with Crippen molar-refractivity contribution in [1.82, 2.24) is 10.2 Å². The maximum Gasteiger partial charge on any atom is 0.306 e. The van der Waals surface area contributed by atoms with Gasteiger partial charge in [-0.1, -0.05) is 129 Å². The number of hydrogen-bond donors (Lipinski definition) is 2. The van der Waals surface area contributed by atoms with Crippen molar-refractivity contribution >= 4 is 24.0 Å². The summed E-state index contributed by atoms with van der Waals surface area (Å²) in [4.78, 5) is 24.3. The average Bonchev–Trinajstić information content (AvgIpc) is 3.11. The van der Waals surface area contributed by atoms with Gasteiger partial charge in [0.05, 0.1) is 6.61 Å². The molecule has 0 unspecified atom stereocenters. The van der Waals surface area contributed by atoms with Crippen LogP contribution in [0.3, 0.4) is 0 Å². The van der Waals surface area contributed by atoms with Crippen molar-refractivity contribution in [2.75, 3.05) is 57.9 Å². The van der Waals surface area contributed by atoms with E-state index in [9.17, 15) is 9.59 Å². The Balaban J connectivity index is -0.000000410. The number of nitrogens with one attached hydrogen (secondary N) is 1. The Labute approximate surface area is 315 Å². The van der Waals surface area contributed by atoms with Crippen LogP contribution in [-0.2, 0) is 14.3 Å². The number of nitrogens with zero attached hydrogens (tertiary/aromatic N) is 1. The van der Waals surface area contributed by atoms with Gasteiger partial charge in [0, 0.05) is 12.8 Å². The fourth-order valence-electron chi connectivity index (χ4n) is 5.12. The molecule has 0 aliphatic carbocycles. The minimum absolute atomic E-state index is 0. The Bertz CT molecular complexity index is 675. The molecule has 7 nitrogen and oxygen atoms in total. The number of aldehydes is 1. The number of ether oxygens (including phenoxy) is 1. The first-order valence-electron chi connectivity index (χ1n) is 20.5. The molecule has 0 rings (SSSR count). The number of allylic oxidation sites excluding steroid dienone is 2. The molecule has 0 amide bonds. The second kappa shape index (κ2) is 54.6. The number of aliphatic hydroxyl groups excluding tert-OH is 1. The van der Waals surface area contributed by atoms with Gasteiger partial charge < -0.3 is 30.3 Å². The molecule has 0 heterocycles. The summed E-state index contributed by atoms with van der Waals surface area (Å²) in [6, 6.07) is 0. The highest BCUT2D eigenvalue weighted by molar-refractivity contribution is 7.98. The van der Waals surface area contributed by atoms with E-state index in [0.29, 0.717) is 13.0 Å². The number of carbonyl (C=O) groups excluding carboxylic acids is 2. The molecule has 0 aliphatic rings. The van der Waals surface area contributed by atoms with E-state index in [4.69, 9.17) is 9.84 Å². The molecule has 8 heteroatoms. The van der Waals surface area contributed by atoms with E-state index in [1.54, 1.807) is 0 Å². The normalized spacial score (nSPS) is 10.9. The molecule has 50 heavy (non-hydrogen) atoms. The minimum atomic E-state index is -0.0616. The average molecular weight is 731 g/mol. The first kappa shape index (κ1) is 55.6.